The first-order chi connectivity index (χ1) is 21.4. The minimum absolute atomic E-state index is 0.150. The van der Waals surface area contributed by atoms with Gasteiger partial charge in [-0.05, 0) is 65.8 Å². The first kappa shape index (κ1) is 31.1. The van der Waals surface area contributed by atoms with Gasteiger partial charge in [-0.3, -0.25) is 14.6 Å². The second-order valence-electron chi connectivity index (χ2n) is 11.0. The molecule has 1 aromatic heterocycles. The quantitative estimate of drug-likeness (QED) is 0.236. The number of amides is 2. The van der Waals surface area contributed by atoms with Gasteiger partial charge < -0.3 is 10.2 Å². The highest BCUT2D eigenvalue weighted by Crippen LogP contribution is 2.22. The van der Waals surface area contributed by atoms with Gasteiger partial charge in [0.2, 0.25) is 21.8 Å². The van der Waals surface area contributed by atoms with E-state index in [-0.39, 0.29) is 29.7 Å². The normalized spacial score (nSPS) is 14.2. The van der Waals surface area contributed by atoms with Gasteiger partial charge in [-0.15, -0.1) is 0 Å². The fourth-order valence-electron chi connectivity index (χ4n) is 5.44. The molecule has 2 heterocycles. The van der Waals surface area contributed by atoms with Crippen LogP contribution in [0.5, 0.6) is 0 Å². The molecule has 3 aromatic carbocycles. The van der Waals surface area contributed by atoms with Gasteiger partial charge in [0.15, 0.2) is 0 Å². The number of carbonyl (C=O) groups excluding carboxylic acids is 2. The molecule has 1 atom stereocenters. The van der Waals surface area contributed by atoms with Gasteiger partial charge in [0.05, 0.1) is 4.90 Å². The molecule has 1 fully saturated rings. The molecule has 0 aliphatic carbocycles. The number of benzene rings is 3. The number of aromatic nitrogens is 1. The lowest BCUT2D eigenvalue weighted by atomic mass is 10.0. The van der Waals surface area contributed by atoms with Gasteiger partial charge >= 0.3 is 0 Å². The third-order valence-electron chi connectivity index (χ3n) is 7.94. The fourth-order valence-corrected chi connectivity index (χ4v) is 6.96. The van der Waals surface area contributed by atoms with E-state index in [1.165, 1.54) is 4.31 Å². The summed E-state index contributed by atoms with van der Waals surface area (Å²) in [7, 11) is -3.50. The van der Waals surface area contributed by atoms with Crippen molar-refractivity contribution in [2.75, 3.05) is 13.1 Å². The molecule has 9 heteroatoms. The minimum Gasteiger partial charge on any atom is -0.350 e. The SMILES string of the molecule is O=C(NCc1ccncc1)C(Cc1ccccc1)N(Cc1ccccc1)C(=O)CCc1ccc(S(=O)(=O)N2CCCC2)cc1. The fraction of sp³-hybridized carbons (Fsp3) is 0.286. The summed E-state index contributed by atoms with van der Waals surface area (Å²) in [6, 6.07) is 29.2. The number of rotatable bonds is 13. The first-order valence-electron chi connectivity index (χ1n) is 15.0. The van der Waals surface area contributed by atoms with Crippen molar-refractivity contribution in [2.45, 2.75) is 56.1 Å². The zero-order chi connectivity index (χ0) is 30.8. The van der Waals surface area contributed by atoms with Crippen LogP contribution in [0.15, 0.2) is 114 Å². The zero-order valence-corrected chi connectivity index (χ0v) is 25.5. The molecule has 5 rings (SSSR count). The van der Waals surface area contributed by atoms with Crippen LogP contribution in [0.3, 0.4) is 0 Å². The molecule has 0 bridgehead atoms. The van der Waals surface area contributed by atoms with Gasteiger partial charge in [-0.2, -0.15) is 4.31 Å². The largest absolute Gasteiger partial charge is 0.350 e. The summed E-state index contributed by atoms with van der Waals surface area (Å²) in [6.07, 6.45) is 6.09. The lowest BCUT2D eigenvalue weighted by Crippen LogP contribution is -2.50. The number of carbonyl (C=O) groups is 2. The number of nitrogens with one attached hydrogen (secondary N) is 1. The Morgan fingerprint density at radius 3 is 2.02 bits per heavy atom. The maximum atomic E-state index is 14.0. The molecule has 1 aliphatic heterocycles. The Kier molecular flexibility index (Phi) is 10.5. The van der Waals surface area contributed by atoms with Crippen LogP contribution in [0, 0.1) is 0 Å². The molecular weight excluding hydrogens is 572 g/mol. The second kappa shape index (κ2) is 14.9. The van der Waals surface area contributed by atoms with E-state index in [9.17, 15) is 18.0 Å². The third kappa shape index (κ3) is 8.18. The first-order valence-corrected chi connectivity index (χ1v) is 16.5. The summed E-state index contributed by atoms with van der Waals surface area (Å²) in [6.45, 7) is 1.71. The van der Waals surface area contributed by atoms with Gasteiger partial charge in [-0.25, -0.2) is 8.42 Å². The molecule has 228 valence electrons. The number of sulfonamides is 1. The summed E-state index contributed by atoms with van der Waals surface area (Å²) < 4.78 is 27.4. The molecule has 1 N–H and O–H groups in total. The monoisotopic (exact) mass is 610 g/mol. The number of nitrogens with zero attached hydrogens (tertiary/aromatic N) is 3. The second-order valence-corrected chi connectivity index (χ2v) is 13.0. The lowest BCUT2D eigenvalue weighted by molar-refractivity contribution is -0.141. The van der Waals surface area contributed by atoms with E-state index in [1.54, 1.807) is 41.6 Å². The van der Waals surface area contributed by atoms with Crippen LogP contribution in [0.4, 0.5) is 0 Å². The average molecular weight is 611 g/mol. The molecule has 1 saturated heterocycles. The van der Waals surface area contributed by atoms with Crippen molar-refractivity contribution in [3.8, 4) is 0 Å². The van der Waals surface area contributed by atoms with Crippen molar-refractivity contribution in [2.24, 2.45) is 0 Å². The highest BCUT2D eigenvalue weighted by atomic mass is 32.2. The standard InChI is InChI=1S/C35H38N4O4S/c40-34(18-15-28-13-16-32(17-14-28)44(42,43)38-23-7-8-24-38)39(27-31-11-5-2-6-12-31)33(25-29-9-3-1-4-10-29)35(41)37-26-30-19-21-36-22-20-30/h1-6,9-14,16-17,19-22,33H,7-8,15,18,23-27H2,(H,37,41). The molecule has 2 amide bonds. The average Bonchev–Trinajstić information content (AvgIpc) is 3.62. The van der Waals surface area contributed by atoms with Crippen LogP contribution in [-0.2, 0) is 45.5 Å². The van der Waals surface area contributed by atoms with E-state index in [0.717, 1.165) is 35.1 Å². The number of aryl methyl sites for hydroxylation is 1. The molecule has 0 radical (unpaired) electrons. The Bertz CT molecular complexity index is 1610. The number of hydrogen-bond acceptors (Lipinski definition) is 5. The number of pyridine rings is 1. The third-order valence-corrected chi connectivity index (χ3v) is 9.85. The topological polar surface area (TPSA) is 99.7 Å². The van der Waals surface area contributed by atoms with Crippen molar-refractivity contribution in [3.05, 3.63) is 132 Å². The van der Waals surface area contributed by atoms with Crippen LogP contribution in [-0.4, -0.2) is 53.6 Å². The molecule has 1 aliphatic rings. The maximum Gasteiger partial charge on any atom is 0.243 e. The van der Waals surface area contributed by atoms with E-state index < -0.39 is 16.1 Å². The van der Waals surface area contributed by atoms with Gasteiger partial charge in [0.1, 0.15) is 6.04 Å². The zero-order valence-electron chi connectivity index (χ0n) is 24.7. The number of hydrogen-bond donors (Lipinski definition) is 1. The van der Waals surface area contributed by atoms with E-state index >= 15 is 0 Å². The molecule has 4 aromatic rings. The van der Waals surface area contributed by atoms with Crippen molar-refractivity contribution in [3.63, 3.8) is 0 Å². The Hall–Kier alpha value is -4.34. The van der Waals surface area contributed by atoms with E-state index in [1.807, 2.05) is 72.8 Å². The smallest absolute Gasteiger partial charge is 0.243 e. The molecular formula is C35H38N4O4S. The van der Waals surface area contributed by atoms with E-state index in [4.69, 9.17) is 0 Å². The molecule has 0 spiro atoms. The van der Waals surface area contributed by atoms with Gasteiger partial charge in [-0.1, -0.05) is 72.8 Å². The van der Waals surface area contributed by atoms with E-state index in [2.05, 4.69) is 10.3 Å². The van der Waals surface area contributed by atoms with Crippen LogP contribution < -0.4 is 5.32 Å². The van der Waals surface area contributed by atoms with Crippen LogP contribution >= 0.6 is 0 Å². The highest BCUT2D eigenvalue weighted by Gasteiger charge is 2.30. The predicted octanol–water partition coefficient (Wildman–Crippen LogP) is 4.76. The predicted molar refractivity (Wildman–Crippen MR) is 170 cm³/mol. The summed E-state index contributed by atoms with van der Waals surface area (Å²) in [5, 5.41) is 3.04. The Balaban J connectivity index is 1.35. The summed E-state index contributed by atoms with van der Waals surface area (Å²) in [4.78, 5) is 33.8. The Morgan fingerprint density at radius 1 is 0.773 bits per heavy atom. The summed E-state index contributed by atoms with van der Waals surface area (Å²) >= 11 is 0. The Labute approximate surface area is 259 Å². The maximum absolute atomic E-state index is 14.0. The summed E-state index contributed by atoms with van der Waals surface area (Å²) in [5.74, 6) is -0.381. The highest BCUT2D eigenvalue weighted by molar-refractivity contribution is 7.89. The van der Waals surface area contributed by atoms with Crippen LogP contribution in [0.25, 0.3) is 0 Å². The van der Waals surface area contributed by atoms with Crippen LogP contribution in [0.2, 0.25) is 0 Å². The van der Waals surface area contributed by atoms with Crippen molar-refractivity contribution >= 4 is 21.8 Å². The van der Waals surface area contributed by atoms with Crippen LogP contribution in [0.1, 0.15) is 41.5 Å². The van der Waals surface area contributed by atoms with Crippen molar-refractivity contribution in [1.82, 2.24) is 19.5 Å². The van der Waals surface area contributed by atoms with Gasteiger partial charge in [0.25, 0.3) is 0 Å². The molecule has 0 saturated carbocycles. The summed E-state index contributed by atoms with van der Waals surface area (Å²) in [5.41, 5.74) is 3.66. The molecule has 44 heavy (non-hydrogen) atoms. The minimum atomic E-state index is -3.50. The van der Waals surface area contributed by atoms with E-state index in [0.29, 0.717) is 32.5 Å². The Morgan fingerprint density at radius 2 is 1.39 bits per heavy atom. The van der Waals surface area contributed by atoms with Gasteiger partial charge in [0, 0.05) is 51.4 Å². The van der Waals surface area contributed by atoms with Crippen molar-refractivity contribution < 1.29 is 18.0 Å². The molecule has 8 nitrogen and oxygen atoms in total. The lowest BCUT2D eigenvalue weighted by Gasteiger charge is -2.31. The molecule has 1 unspecified atom stereocenters. The van der Waals surface area contributed by atoms with Crippen molar-refractivity contribution in [1.29, 1.82) is 0 Å².